The van der Waals surface area contributed by atoms with Crippen LogP contribution in [0.3, 0.4) is 0 Å². The first-order chi connectivity index (χ1) is 12.2. The third kappa shape index (κ3) is 5.25. The third-order valence-corrected chi connectivity index (χ3v) is 6.19. The lowest BCUT2D eigenvalue weighted by atomic mass is 10.1. The molecular weight excluding hydrogens is 334 g/mol. The maximum atomic E-state index is 6.47. The first kappa shape index (κ1) is 20.3. The minimum atomic E-state index is -0.647. The van der Waals surface area contributed by atoms with Crippen molar-refractivity contribution in [1.29, 1.82) is 0 Å². The van der Waals surface area contributed by atoms with E-state index in [1.165, 1.54) is 21.6 Å². The summed E-state index contributed by atoms with van der Waals surface area (Å²) < 4.78 is 6.47. The van der Waals surface area contributed by atoms with Crippen LogP contribution in [0, 0.1) is 0 Å². The largest absolute Gasteiger partial charge is 0.486 e. The molecule has 2 nitrogen and oxygen atoms in total. The summed E-state index contributed by atoms with van der Waals surface area (Å²) >= 11 is 0. The van der Waals surface area contributed by atoms with E-state index in [1.807, 2.05) is 0 Å². The Bertz CT molecular complexity index is 757. The number of anilines is 1. The summed E-state index contributed by atoms with van der Waals surface area (Å²) in [5.41, 5.74) is 3.34. The van der Waals surface area contributed by atoms with Crippen molar-refractivity contribution in [3.63, 3.8) is 0 Å². The Hall–Kier alpha value is -2.00. The Morgan fingerprint density at radius 1 is 1.08 bits per heavy atom. The molecule has 0 aromatic heterocycles. The number of rotatable bonds is 7. The molecule has 0 unspecified atom stereocenters. The molecule has 0 amide bonds. The lowest BCUT2D eigenvalue weighted by molar-refractivity contribution is 0.133. The molecular formula is C23H33NOSi. The molecule has 140 valence electrons. The van der Waals surface area contributed by atoms with Gasteiger partial charge in [-0.1, -0.05) is 53.7 Å². The third-order valence-electron chi connectivity index (χ3n) is 4.40. The standard InChI is InChI=1S/C23H33NOSi/c1-8-24(9-2)20-14-11-15-21(22(20)25-23(5,6)7)26-19-13-10-12-18(16-19)17(3)4/h10-16H,3,8-9,26H2,1-2,4-7H3. The normalized spacial score (nSPS) is 11.8. The van der Waals surface area contributed by atoms with Crippen LogP contribution in [0.1, 0.15) is 47.1 Å². The Morgan fingerprint density at radius 3 is 2.31 bits per heavy atom. The summed E-state index contributed by atoms with van der Waals surface area (Å²) in [6.45, 7) is 18.9. The van der Waals surface area contributed by atoms with E-state index in [-0.39, 0.29) is 5.60 Å². The van der Waals surface area contributed by atoms with Gasteiger partial charge in [0.05, 0.1) is 15.2 Å². The van der Waals surface area contributed by atoms with Gasteiger partial charge in [0.1, 0.15) is 11.4 Å². The molecule has 2 aromatic carbocycles. The van der Waals surface area contributed by atoms with Crippen LogP contribution in [0.5, 0.6) is 5.75 Å². The molecule has 2 aromatic rings. The quantitative estimate of drug-likeness (QED) is 0.689. The Labute approximate surface area is 161 Å². The fourth-order valence-corrected chi connectivity index (χ4v) is 4.80. The van der Waals surface area contributed by atoms with Gasteiger partial charge in [-0.3, -0.25) is 0 Å². The van der Waals surface area contributed by atoms with Crippen molar-refractivity contribution in [3.8, 4) is 5.75 Å². The topological polar surface area (TPSA) is 12.5 Å². The van der Waals surface area contributed by atoms with Crippen LogP contribution < -0.4 is 20.0 Å². The van der Waals surface area contributed by atoms with E-state index < -0.39 is 9.52 Å². The zero-order valence-corrected chi connectivity index (χ0v) is 18.6. The molecule has 0 aliphatic heterocycles. The highest BCUT2D eigenvalue weighted by molar-refractivity contribution is 6.68. The van der Waals surface area contributed by atoms with Crippen molar-refractivity contribution in [2.45, 2.75) is 47.1 Å². The smallest absolute Gasteiger partial charge is 0.142 e. The zero-order valence-electron chi connectivity index (χ0n) is 17.2. The van der Waals surface area contributed by atoms with Gasteiger partial charge in [-0.05, 0) is 58.4 Å². The SMILES string of the molecule is C=C(C)c1cccc([SiH2]c2cccc(N(CC)CC)c2OC(C)(C)C)c1. The van der Waals surface area contributed by atoms with Gasteiger partial charge in [-0.2, -0.15) is 0 Å². The molecule has 0 aliphatic carbocycles. The molecule has 2 rings (SSSR count). The van der Waals surface area contributed by atoms with Gasteiger partial charge >= 0.3 is 0 Å². The molecule has 0 spiro atoms. The molecule has 3 heteroatoms. The molecule has 0 heterocycles. The van der Waals surface area contributed by atoms with E-state index in [9.17, 15) is 0 Å². The van der Waals surface area contributed by atoms with Gasteiger partial charge in [-0.25, -0.2) is 0 Å². The predicted octanol–water partition coefficient (Wildman–Crippen LogP) is 3.86. The van der Waals surface area contributed by atoms with Crippen LogP contribution in [-0.2, 0) is 0 Å². The summed E-state index contributed by atoms with van der Waals surface area (Å²) in [6.07, 6.45) is 0. The maximum absolute atomic E-state index is 6.47. The van der Waals surface area contributed by atoms with Crippen LogP contribution >= 0.6 is 0 Å². The Kier molecular flexibility index (Phi) is 6.71. The number of benzene rings is 2. The first-order valence-corrected chi connectivity index (χ1v) is 11.0. The highest BCUT2D eigenvalue weighted by atomic mass is 28.2. The number of allylic oxidation sites excluding steroid dienone is 1. The molecule has 0 bridgehead atoms. The van der Waals surface area contributed by atoms with Crippen molar-refractivity contribution < 1.29 is 4.74 Å². The van der Waals surface area contributed by atoms with Gasteiger partial charge in [-0.15, -0.1) is 0 Å². The van der Waals surface area contributed by atoms with Gasteiger partial charge in [0.25, 0.3) is 0 Å². The molecule has 0 aliphatic rings. The number of nitrogens with zero attached hydrogens (tertiary/aromatic N) is 1. The second kappa shape index (κ2) is 8.59. The van der Waals surface area contributed by atoms with E-state index in [1.54, 1.807) is 0 Å². The summed E-state index contributed by atoms with van der Waals surface area (Å²) in [5.74, 6) is 1.07. The second-order valence-corrected chi connectivity index (χ2v) is 9.74. The van der Waals surface area contributed by atoms with Gasteiger partial charge in [0.2, 0.25) is 0 Å². The van der Waals surface area contributed by atoms with Crippen LogP contribution in [0.25, 0.3) is 5.57 Å². The number of para-hydroxylation sites is 1. The van der Waals surface area contributed by atoms with Crippen LogP contribution in [0.4, 0.5) is 5.69 Å². The minimum absolute atomic E-state index is 0.216. The van der Waals surface area contributed by atoms with Gasteiger partial charge in [0.15, 0.2) is 0 Å². The van der Waals surface area contributed by atoms with Gasteiger partial charge < -0.3 is 9.64 Å². The Balaban J connectivity index is 2.48. The molecule has 0 saturated carbocycles. The Morgan fingerprint density at radius 2 is 1.73 bits per heavy atom. The number of ether oxygens (including phenoxy) is 1. The van der Waals surface area contributed by atoms with Crippen molar-refractivity contribution >= 4 is 31.2 Å². The monoisotopic (exact) mass is 367 g/mol. The first-order valence-electron chi connectivity index (χ1n) is 9.55. The molecule has 0 atom stereocenters. The van der Waals surface area contributed by atoms with E-state index >= 15 is 0 Å². The molecule has 0 saturated heterocycles. The molecule has 0 fully saturated rings. The van der Waals surface area contributed by atoms with Crippen LogP contribution in [-0.4, -0.2) is 28.2 Å². The highest BCUT2D eigenvalue weighted by Gasteiger charge is 2.20. The minimum Gasteiger partial charge on any atom is -0.486 e. The second-order valence-electron chi connectivity index (χ2n) is 7.81. The number of hydrogen-bond acceptors (Lipinski definition) is 2. The summed E-state index contributed by atoms with van der Waals surface area (Å²) in [4.78, 5) is 2.38. The summed E-state index contributed by atoms with van der Waals surface area (Å²) in [6, 6.07) is 15.4. The predicted molar refractivity (Wildman–Crippen MR) is 119 cm³/mol. The fourth-order valence-electron chi connectivity index (χ4n) is 3.11. The summed E-state index contributed by atoms with van der Waals surface area (Å²) in [5, 5.41) is 2.78. The van der Waals surface area contributed by atoms with Crippen molar-refractivity contribution in [1.82, 2.24) is 0 Å². The van der Waals surface area contributed by atoms with Crippen LogP contribution in [0.2, 0.25) is 0 Å². The van der Waals surface area contributed by atoms with E-state index in [0.29, 0.717) is 0 Å². The molecule has 26 heavy (non-hydrogen) atoms. The van der Waals surface area contributed by atoms with E-state index in [2.05, 4.69) is 95.5 Å². The van der Waals surface area contributed by atoms with Crippen molar-refractivity contribution in [3.05, 3.63) is 54.6 Å². The average molecular weight is 368 g/mol. The average Bonchev–Trinajstić information content (AvgIpc) is 2.57. The number of hydrogen-bond donors (Lipinski definition) is 0. The zero-order chi connectivity index (χ0) is 19.3. The van der Waals surface area contributed by atoms with Crippen molar-refractivity contribution in [2.75, 3.05) is 18.0 Å². The van der Waals surface area contributed by atoms with E-state index in [0.717, 1.165) is 24.4 Å². The van der Waals surface area contributed by atoms with Crippen molar-refractivity contribution in [2.24, 2.45) is 0 Å². The van der Waals surface area contributed by atoms with Gasteiger partial charge in [0, 0.05) is 13.1 Å². The maximum Gasteiger partial charge on any atom is 0.142 e. The van der Waals surface area contributed by atoms with E-state index in [4.69, 9.17) is 4.74 Å². The fraction of sp³-hybridized carbons (Fsp3) is 0.391. The highest BCUT2D eigenvalue weighted by Crippen LogP contribution is 2.29. The van der Waals surface area contributed by atoms with Crippen LogP contribution in [0.15, 0.2) is 49.0 Å². The summed E-state index contributed by atoms with van der Waals surface area (Å²) in [7, 11) is -0.647. The molecule has 0 radical (unpaired) electrons. The molecule has 0 N–H and O–H groups in total. The lowest BCUT2D eigenvalue weighted by Crippen LogP contribution is -2.35. The lowest BCUT2D eigenvalue weighted by Gasteiger charge is -2.30.